The summed E-state index contributed by atoms with van der Waals surface area (Å²) in [4.78, 5) is 19.3. The fraction of sp³-hybridized carbons (Fsp3) is 0.500. The number of carbonyl (C=O) groups is 1. The van der Waals surface area contributed by atoms with Gasteiger partial charge in [-0.2, -0.15) is 4.31 Å². The molecule has 33 heavy (non-hydrogen) atoms. The third-order valence-corrected chi connectivity index (χ3v) is 9.04. The van der Waals surface area contributed by atoms with Gasteiger partial charge in [-0.1, -0.05) is 24.6 Å². The van der Waals surface area contributed by atoms with Crippen LogP contribution in [-0.4, -0.2) is 55.5 Å². The lowest BCUT2D eigenvalue weighted by Gasteiger charge is -2.19. The van der Waals surface area contributed by atoms with Crippen molar-refractivity contribution >= 4 is 39.1 Å². The Bertz CT molecular complexity index is 1060. The van der Waals surface area contributed by atoms with Crippen LogP contribution in [0.3, 0.4) is 0 Å². The normalized spacial score (nSPS) is 17.7. The number of carbonyl (C=O) groups excluding carboxylic acids is 1. The Morgan fingerprint density at radius 2 is 1.70 bits per heavy atom. The van der Waals surface area contributed by atoms with Gasteiger partial charge in [0.05, 0.1) is 10.8 Å². The van der Waals surface area contributed by atoms with Crippen LogP contribution in [0.15, 0.2) is 46.5 Å². The van der Waals surface area contributed by atoms with Crippen LogP contribution in [0.2, 0.25) is 0 Å². The quantitative estimate of drug-likeness (QED) is 0.586. The number of thioether (sulfide) groups is 1. The van der Waals surface area contributed by atoms with Crippen molar-refractivity contribution in [3.05, 3.63) is 42.1 Å². The average molecular weight is 489 g/mol. The molecule has 1 aromatic carbocycles. The van der Waals surface area contributed by atoms with E-state index in [-0.39, 0.29) is 16.6 Å². The van der Waals surface area contributed by atoms with Crippen LogP contribution in [-0.2, 0) is 14.8 Å². The first-order valence-corrected chi connectivity index (χ1v) is 14.1. The van der Waals surface area contributed by atoms with Gasteiger partial charge in [-0.05, 0) is 68.5 Å². The number of aromatic nitrogens is 1. The third-order valence-electron chi connectivity index (χ3n) is 6.22. The number of nitrogens with zero attached hydrogens (tertiary/aromatic N) is 3. The third kappa shape index (κ3) is 6.07. The number of amides is 1. The fourth-order valence-corrected chi connectivity index (χ4v) is 6.43. The number of sulfonamides is 1. The maximum Gasteiger partial charge on any atom is 0.244 e. The van der Waals surface area contributed by atoms with Gasteiger partial charge in [0.2, 0.25) is 15.9 Å². The second-order valence-electron chi connectivity index (χ2n) is 8.68. The topological polar surface area (TPSA) is 82.6 Å². The predicted molar refractivity (Wildman–Crippen MR) is 133 cm³/mol. The number of pyridine rings is 1. The monoisotopic (exact) mass is 488 g/mol. The van der Waals surface area contributed by atoms with E-state index in [4.69, 9.17) is 0 Å². The van der Waals surface area contributed by atoms with E-state index in [0.717, 1.165) is 50.0 Å². The molecule has 2 aliphatic heterocycles. The first kappa shape index (κ1) is 24.0. The van der Waals surface area contributed by atoms with Gasteiger partial charge >= 0.3 is 0 Å². The summed E-state index contributed by atoms with van der Waals surface area (Å²) in [6.45, 7) is 5.32. The molecule has 7 nitrogen and oxygen atoms in total. The molecular formula is C24H32N4O3S2. The van der Waals surface area contributed by atoms with E-state index in [1.165, 1.54) is 36.5 Å². The number of nitrogens with one attached hydrogen (secondary N) is 1. The van der Waals surface area contributed by atoms with E-state index < -0.39 is 10.0 Å². The lowest BCUT2D eigenvalue weighted by Crippen LogP contribution is -2.32. The standard InChI is InChI=1S/C24H32N4O3S2/c1-19-16-20(27-12-6-7-13-27)8-10-22(19)26-23(29)18-32-24-11-9-21(17-25-24)33(30,31)28-14-4-2-3-5-15-28/h8-11,16-17H,2-7,12-15,18H2,1H3,(H,26,29). The summed E-state index contributed by atoms with van der Waals surface area (Å²) in [7, 11) is -3.51. The summed E-state index contributed by atoms with van der Waals surface area (Å²) in [5, 5.41) is 3.60. The molecule has 2 fully saturated rings. The van der Waals surface area contributed by atoms with Crippen molar-refractivity contribution in [2.24, 2.45) is 0 Å². The van der Waals surface area contributed by atoms with Gasteiger partial charge in [0.15, 0.2) is 0 Å². The molecule has 9 heteroatoms. The van der Waals surface area contributed by atoms with Crippen molar-refractivity contribution in [3.8, 4) is 0 Å². The van der Waals surface area contributed by atoms with Gasteiger partial charge in [0, 0.05) is 43.8 Å². The number of rotatable bonds is 7. The fourth-order valence-electron chi connectivity index (χ4n) is 4.32. The Morgan fingerprint density at radius 3 is 2.33 bits per heavy atom. The summed E-state index contributed by atoms with van der Waals surface area (Å²) in [6, 6.07) is 9.42. The molecule has 0 spiro atoms. The van der Waals surface area contributed by atoms with Crippen LogP contribution < -0.4 is 10.2 Å². The van der Waals surface area contributed by atoms with Crippen molar-refractivity contribution in [1.82, 2.24) is 9.29 Å². The molecule has 2 aromatic rings. The van der Waals surface area contributed by atoms with Crippen LogP contribution >= 0.6 is 11.8 Å². The molecule has 1 aromatic heterocycles. The van der Waals surface area contributed by atoms with Crippen molar-refractivity contribution in [1.29, 1.82) is 0 Å². The second kappa shape index (κ2) is 10.9. The minimum Gasteiger partial charge on any atom is -0.372 e. The van der Waals surface area contributed by atoms with Gasteiger partial charge in [0.1, 0.15) is 4.90 Å². The number of hydrogen-bond donors (Lipinski definition) is 1. The molecule has 4 rings (SSSR count). The van der Waals surface area contributed by atoms with E-state index >= 15 is 0 Å². The highest BCUT2D eigenvalue weighted by Gasteiger charge is 2.25. The lowest BCUT2D eigenvalue weighted by atomic mass is 10.1. The molecule has 2 aliphatic rings. The second-order valence-corrected chi connectivity index (χ2v) is 11.6. The Balaban J connectivity index is 1.31. The largest absolute Gasteiger partial charge is 0.372 e. The average Bonchev–Trinajstić information content (AvgIpc) is 3.21. The van der Waals surface area contributed by atoms with Crippen molar-refractivity contribution in [2.75, 3.05) is 42.1 Å². The minimum absolute atomic E-state index is 0.111. The zero-order valence-electron chi connectivity index (χ0n) is 19.1. The molecule has 0 unspecified atom stereocenters. The Hall–Kier alpha value is -2.10. The van der Waals surface area contributed by atoms with E-state index in [1.807, 2.05) is 13.0 Å². The molecule has 3 heterocycles. The van der Waals surface area contributed by atoms with Crippen LogP contribution in [0.25, 0.3) is 0 Å². The first-order chi connectivity index (χ1) is 15.9. The molecule has 0 bridgehead atoms. The summed E-state index contributed by atoms with van der Waals surface area (Å²) in [6.07, 6.45) is 7.81. The highest BCUT2D eigenvalue weighted by Crippen LogP contribution is 2.26. The molecule has 178 valence electrons. The van der Waals surface area contributed by atoms with E-state index in [2.05, 4.69) is 27.3 Å². The van der Waals surface area contributed by atoms with Crippen LogP contribution in [0.4, 0.5) is 11.4 Å². The molecule has 0 radical (unpaired) electrons. The number of hydrogen-bond acceptors (Lipinski definition) is 6. The Morgan fingerprint density at radius 1 is 1.00 bits per heavy atom. The van der Waals surface area contributed by atoms with Crippen LogP contribution in [0.5, 0.6) is 0 Å². The highest BCUT2D eigenvalue weighted by atomic mass is 32.2. The number of benzene rings is 1. The Labute approximate surface area is 201 Å². The summed E-state index contributed by atoms with van der Waals surface area (Å²) >= 11 is 1.30. The summed E-state index contributed by atoms with van der Waals surface area (Å²) < 4.78 is 27.3. The van der Waals surface area contributed by atoms with Gasteiger partial charge < -0.3 is 10.2 Å². The molecule has 1 N–H and O–H groups in total. The smallest absolute Gasteiger partial charge is 0.244 e. The zero-order chi connectivity index (χ0) is 23.3. The molecular weight excluding hydrogens is 456 g/mol. The van der Waals surface area contributed by atoms with E-state index in [0.29, 0.717) is 18.1 Å². The molecule has 2 saturated heterocycles. The van der Waals surface area contributed by atoms with Gasteiger partial charge in [0.25, 0.3) is 0 Å². The lowest BCUT2D eigenvalue weighted by molar-refractivity contribution is -0.113. The maximum absolute atomic E-state index is 12.9. The summed E-state index contributed by atoms with van der Waals surface area (Å²) in [5.74, 6) is 0.0959. The highest BCUT2D eigenvalue weighted by molar-refractivity contribution is 7.99. The SMILES string of the molecule is Cc1cc(N2CCCC2)ccc1NC(=O)CSc1ccc(S(=O)(=O)N2CCCCCC2)cn1. The number of anilines is 2. The van der Waals surface area contributed by atoms with E-state index in [9.17, 15) is 13.2 Å². The van der Waals surface area contributed by atoms with Crippen LogP contribution in [0, 0.1) is 6.92 Å². The molecule has 0 atom stereocenters. The number of aryl methyl sites for hydroxylation is 1. The molecule has 1 amide bonds. The first-order valence-electron chi connectivity index (χ1n) is 11.7. The van der Waals surface area contributed by atoms with Gasteiger partial charge in [-0.15, -0.1) is 0 Å². The predicted octanol–water partition coefficient (Wildman–Crippen LogP) is 4.29. The summed E-state index contributed by atoms with van der Waals surface area (Å²) in [5.41, 5.74) is 3.06. The maximum atomic E-state index is 12.9. The molecule has 0 saturated carbocycles. The van der Waals surface area contributed by atoms with E-state index in [1.54, 1.807) is 16.4 Å². The zero-order valence-corrected chi connectivity index (χ0v) is 20.8. The van der Waals surface area contributed by atoms with Gasteiger partial charge in [-0.25, -0.2) is 13.4 Å². The minimum atomic E-state index is -3.51. The van der Waals surface area contributed by atoms with Crippen LogP contribution in [0.1, 0.15) is 44.1 Å². The van der Waals surface area contributed by atoms with Crippen molar-refractivity contribution in [2.45, 2.75) is 55.4 Å². The van der Waals surface area contributed by atoms with Crippen molar-refractivity contribution in [3.63, 3.8) is 0 Å². The van der Waals surface area contributed by atoms with Crippen molar-refractivity contribution < 1.29 is 13.2 Å². The van der Waals surface area contributed by atoms with Gasteiger partial charge in [-0.3, -0.25) is 4.79 Å². The Kier molecular flexibility index (Phi) is 7.93. The molecule has 0 aliphatic carbocycles.